The van der Waals surface area contributed by atoms with E-state index < -0.39 is 0 Å². The molecule has 1 aliphatic heterocycles. The zero-order valence-electron chi connectivity index (χ0n) is 11.3. The predicted octanol–water partition coefficient (Wildman–Crippen LogP) is 2.36. The fraction of sp³-hybridized carbons (Fsp3) is 0.250. The zero-order valence-corrected chi connectivity index (χ0v) is 11.3. The molecule has 0 radical (unpaired) electrons. The van der Waals surface area contributed by atoms with Gasteiger partial charge in [0, 0.05) is 30.6 Å². The van der Waals surface area contributed by atoms with Gasteiger partial charge in [-0.25, -0.2) is 0 Å². The summed E-state index contributed by atoms with van der Waals surface area (Å²) in [6.07, 6.45) is 4.09. The molecule has 2 heterocycles. The van der Waals surface area contributed by atoms with E-state index in [1.807, 2.05) is 12.3 Å². The fourth-order valence-electron chi connectivity index (χ4n) is 2.48. The minimum atomic E-state index is 0.135. The van der Waals surface area contributed by atoms with Gasteiger partial charge in [-0.15, -0.1) is 0 Å². The van der Waals surface area contributed by atoms with Gasteiger partial charge in [0.15, 0.2) is 0 Å². The van der Waals surface area contributed by atoms with Crippen LogP contribution in [0.15, 0.2) is 42.7 Å². The summed E-state index contributed by atoms with van der Waals surface area (Å²) in [6.45, 7) is 0.735. The third-order valence-corrected chi connectivity index (χ3v) is 3.64. The quantitative estimate of drug-likeness (QED) is 0.929. The first kappa shape index (κ1) is 12.7. The van der Waals surface area contributed by atoms with Crippen LogP contribution in [-0.2, 0) is 4.79 Å². The maximum atomic E-state index is 11.3. The number of nitrogens with zero attached hydrogens (tertiary/aromatic N) is 1. The highest BCUT2D eigenvalue weighted by atomic mass is 16.5. The van der Waals surface area contributed by atoms with Gasteiger partial charge in [0.2, 0.25) is 5.91 Å². The SMILES string of the molecule is COc1cncc(-c2ccc(C3CNC(=O)C3)cc2)c1. The van der Waals surface area contributed by atoms with Crippen molar-refractivity contribution in [2.24, 2.45) is 0 Å². The topological polar surface area (TPSA) is 51.2 Å². The van der Waals surface area contributed by atoms with E-state index in [1.54, 1.807) is 13.3 Å². The Kier molecular flexibility index (Phi) is 3.37. The number of carbonyl (C=O) groups excluding carboxylic acids is 1. The van der Waals surface area contributed by atoms with Gasteiger partial charge in [0.1, 0.15) is 5.75 Å². The Bertz CT molecular complexity index is 623. The molecule has 2 aromatic rings. The minimum absolute atomic E-state index is 0.135. The van der Waals surface area contributed by atoms with Crippen molar-refractivity contribution < 1.29 is 9.53 Å². The molecule has 1 fully saturated rings. The van der Waals surface area contributed by atoms with Gasteiger partial charge in [0.05, 0.1) is 13.3 Å². The molecule has 0 spiro atoms. The van der Waals surface area contributed by atoms with Gasteiger partial charge in [-0.1, -0.05) is 24.3 Å². The number of aromatic nitrogens is 1. The largest absolute Gasteiger partial charge is 0.495 e. The summed E-state index contributed by atoms with van der Waals surface area (Å²) < 4.78 is 5.18. The normalized spacial score (nSPS) is 17.9. The van der Waals surface area contributed by atoms with Crippen molar-refractivity contribution in [2.45, 2.75) is 12.3 Å². The second-order valence-corrected chi connectivity index (χ2v) is 4.94. The predicted molar refractivity (Wildman–Crippen MR) is 76.6 cm³/mol. The lowest BCUT2D eigenvalue weighted by molar-refractivity contribution is -0.119. The molecule has 0 saturated carbocycles. The molecule has 1 N–H and O–H groups in total. The van der Waals surface area contributed by atoms with Crippen LogP contribution in [0, 0.1) is 0 Å². The van der Waals surface area contributed by atoms with E-state index in [9.17, 15) is 4.79 Å². The van der Waals surface area contributed by atoms with Crippen LogP contribution in [0.4, 0.5) is 0 Å². The van der Waals surface area contributed by atoms with Gasteiger partial charge in [-0.3, -0.25) is 9.78 Å². The van der Waals surface area contributed by atoms with Crippen molar-refractivity contribution in [1.82, 2.24) is 10.3 Å². The summed E-state index contributed by atoms with van der Waals surface area (Å²) >= 11 is 0. The molecular formula is C16H16N2O2. The van der Waals surface area contributed by atoms with Crippen molar-refractivity contribution in [3.63, 3.8) is 0 Å². The molecule has 0 aliphatic carbocycles. The molecule has 1 aromatic heterocycles. The van der Waals surface area contributed by atoms with Crippen LogP contribution in [-0.4, -0.2) is 24.5 Å². The van der Waals surface area contributed by atoms with E-state index >= 15 is 0 Å². The number of hydrogen-bond acceptors (Lipinski definition) is 3. The Labute approximate surface area is 117 Å². The lowest BCUT2D eigenvalue weighted by Crippen LogP contribution is -2.13. The Morgan fingerprint density at radius 1 is 1.20 bits per heavy atom. The average Bonchev–Trinajstić information content (AvgIpc) is 2.94. The minimum Gasteiger partial charge on any atom is -0.495 e. The van der Waals surface area contributed by atoms with Crippen LogP contribution < -0.4 is 10.1 Å². The number of pyridine rings is 1. The van der Waals surface area contributed by atoms with E-state index in [0.29, 0.717) is 12.3 Å². The molecule has 102 valence electrons. The van der Waals surface area contributed by atoms with Gasteiger partial charge >= 0.3 is 0 Å². The highest BCUT2D eigenvalue weighted by Crippen LogP contribution is 2.27. The van der Waals surface area contributed by atoms with Crippen molar-refractivity contribution in [1.29, 1.82) is 0 Å². The first-order valence-electron chi connectivity index (χ1n) is 6.62. The summed E-state index contributed by atoms with van der Waals surface area (Å²) in [5.74, 6) is 1.17. The monoisotopic (exact) mass is 268 g/mol. The van der Waals surface area contributed by atoms with Gasteiger partial charge in [0.25, 0.3) is 0 Å². The fourth-order valence-corrected chi connectivity index (χ4v) is 2.48. The van der Waals surface area contributed by atoms with E-state index in [1.165, 1.54) is 5.56 Å². The van der Waals surface area contributed by atoms with Crippen molar-refractivity contribution in [3.05, 3.63) is 48.3 Å². The standard InChI is InChI=1S/C16H16N2O2/c1-20-15-6-13(8-17-10-15)11-2-4-12(5-3-11)14-7-16(19)18-9-14/h2-6,8,10,14H,7,9H2,1H3,(H,18,19). The Morgan fingerprint density at radius 2 is 2.00 bits per heavy atom. The van der Waals surface area contributed by atoms with Gasteiger partial charge in [-0.05, 0) is 17.2 Å². The highest BCUT2D eigenvalue weighted by molar-refractivity contribution is 5.79. The number of amides is 1. The summed E-state index contributed by atoms with van der Waals surface area (Å²) in [7, 11) is 1.63. The number of nitrogens with one attached hydrogen (secondary N) is 1. The lowest BCUT2D eigenvalue weighted by Gasteiger charge is -2.09. The van der Waals surface area contributed by atoms with Crippen LogP contribution in [0.1, 0.15) is 17.9 Å². The molecule has 4 nitrogen and oxygen atoms in total. The molecule has 1 amide bonds. The molecule has 1 aromatic carbocycles. The average molecular weight is 268 g/mol. The second-order valence-electron chi connectivity index (χ2n) is 4.94. The molecule has 3 rings (SSSR count). The highest BCUT2D eigenvalue weighted by Gasteiger charge is 2.22. The Morgan fingerprint density at radius 3 is 2.65 bits per heavy atom. The molecular weight excluding hydrogens is 252 g/mol. The summed E-state index contributed by atoms with van der Waals surface area (Å²) in [4.78, 5) is 15.4. The molecule has 1 unspecified atom stereocenters. The van der Waals surface area contributed by atoms with Crippen molar-refractivity contribution in [3.8, 4) is 16.9 Å². The number of benzene rings is 1. The zero-order chi connectivity index (χ0) is 13.9. The number of carbonyl (C=O) groups is 1. The number of methoxy groups -OCH3 is 1. The third kappa shape index (κ3) is 2.50. The second kappa shape index (κ2) is 5.33. The maximum absolute atomic E-state index is 11.3. The van der Waals surface area contributed by atoms with Crippen LogP contribution in [0.25, 0.3) is 11.1 Å². The van der Waals surface area contributed by atoms with Crippen LogP contribution in [0.3, 0.4) is 0 Å². The lowest BCUT2D eigenvalue weighted by atomic mass is 9.96. The third-order valence-electron chi connectivity index (χ3n) is 3.64. The van der Waals surface area contributed by atoms with Crippen LogP contribution >= 0.6 is 0 Å². The summed E-state index contributed by atoms with van der Waals surface area (Å²) in [5.41, 5.74) is 3.32. The van der Waals surface area contributed by atoms with Crippen LogP contribution in [0.2, 0.25) is 0 Å². The number of ether oxygens (including phenoxy) is 1. The molecule has 0 bridgehead atoms. The van der Waals surface area contributed by atoms with Crippen molar-refractivity contribution >= 4 is 5.91 Å². The smallest absolute Gasteiger partial charge is 0.220 e. The maximum Gasteiger partial charge on any atom is 0.220 e. The molecule has 1 atom stereocenters. The molecule has 20 heavy (non-hydrogen) atoms. The molecule has 1 aliphatic rings. The van der Waals surface area contributed by atoms with E-state index in [-0.39, 0.29) is 5.91 Å². The Balaban J connectivity index is 1.83. The summed E-state index contributed by atoms with van der Waals surface area (Å²) in [5, 5.41) is 2.86. The Hall–Kier alpha value is -2.36. The van der Waals surface area contributed by atoms with Gasteiger partial charge < -0.3 is 10.1 Å². The van der Waals surface area contributed by atoms with E-state index in [2.05, 4.69) is 34.6 Å². The number of hydrogen-bond donors (Lipinski definition) is 1. The van der Waals surface area contributed by atoms with Crippen LogP contribution in [0.5, 0.6) is 5.75 Å². The first-order valence-corrected chi connectivity index (χ1v) is 6.62. The summed E-state index contributed by atoms with van der Waals surface area (Å²) in [6, 6.07) is 10.3. The molecule has 1 saturated heterocycles. The molecule has 4 heteroatoms. The van der Waals surface area contributed by atoms with E-state index in [0.717, 1.165) is 23.4 Å². The number of rotatable bonds is 3. The van der Waals surface area contributed by atoms with Crippen molar-refractivity contribution in [2.75, 3.05) is 13.7 Å². The first-order chi connectivity index (χ1) is 9.76. The van der Waals surface area contributed by atoms with E-state index in [4.69, 9.17) is 4.74 Å². The van der Waals surface area contributed by atoms with Gasteiger partial charge in [-0.2, -0.15) is 0 Å².